The number of rotatable bonds is 5. The highest BCUT2D eigenvalue weighted by molar-refractivity contribution is 5.35. The maximum absolute atomic E-state index is 5.49. The topological polar surface area (TPSA) is 30.5 Å². The number of benzene rings is 1. The van der Waals surface area contributed by atoms with E-state index in [9.17, 15) is 0 Å². The van der Waals surface area contributed by atoms with Crippen molar-refractivity contribution in [2.24, 2.45) is 0 Å². The second-order valence-corrected chi connectivity index (χ2v) is 5.35. The van der Waals surface area contributed by atoms with Crippen LogP contribution < -0.4 is 10.1 Å². The molecule has 1 aliphatic carbocycles. The lowest BCUT2D eigenvalue weighted by molar-refractivity contribution is 0.0572. The quantitative estimate of drug-likeness (QED) is 0.884. The normalized spacial score (nSPS) is 25.0. The monoisotopic (exact) mass is 263 g/mol. The Morgan fingerprint density at radius 2 is 2.00 bits per heavy atom. The number of ether oxygens (including phenoxy) is 2. The van der Waals surface area contributed by atoms with Gasteiger partial charge in [0.2, 0.25) is 0 Å². The Morgan fingerprint density at radius 3 is 2.74 bits per heavy atom. The molecule has 1 N–H and O–H groups in total. The Morgan fingerprint density at radius 1 is 1.21 bits per heavy atom. The lowest BCUT2D eigenvalue weighted by Crippen LogP contribution is -2.38. The molecule has 0 aliphatic heterocycles. The van der Waals surface area contributed by atoms with E-state index in [1.54, 1.807) is 7.11 Å². The van der Waals surface area contributed by atoms with Crippen molar-refractivity contribution in [3.05, 3.63) is 29.8 Å². The van der Waals surface area contributed by atoms with E-state index in [0.717, 1.165) is 12.2 Å². The van der Waals surface area contributed by atoms with Crippen LogP contribution in [0.4, 0.5) is 0 Å². The number of nitrogens with one attached hydrogen (secondary N) is 1. The van der Waals surface area contributed by atoms with E-state index in [1.165, 1.54) is 24.8 Å². The summed E-state index contributed by atoms with van der Waals surface area (Å²) in [4.78, 5) is 0. The summed E-state index contributed by atoms with van der Waals surface area (Å²) in [5.41, 5.74) is 1.23. The number of hydrogen-bond donors (Lipinski definition) is 1. The highest BCUT2D eigenvalue weighted by atomic mass is 16.5. The van der Waals surface area contributed by atoms with Crippen LogP contribution in [0.3, 0.4) is 0 Å². The van der Waals surface area contributed by atoms with Gasteiger partial charge in [-0.3, -0.25) is 0 Å². The summed E-state index contributed by atoms with van der Waals surface area (Å²) < 4.78 is 10.9. The van der Waals surface area contributed by atoms with Gasteiger partial charge in [-0.15, -0.1) is 0 Å². The SMILES string of the molecule is COc1ccccc1C(C)NC1CCCC(OC)C1. The molecule has 2 rings (SSSR count). The van der Waals surface area contributed by atoms with Gasteiger partial charge in [0.15, 0.2) is 0 Å². The van der Waals surface area contributed by atoms with Gasteiger partial charge in [-0.05, 0) is 38.7 Å². The fourth-order valence-electron chi connectivity index (χ4n) is 2.98. The second-order valence-electron chi connectivity index (χ2n) is 5.35. The minimum atomic E-state index is 0.303. The van der Waals surface area contributed by atoms with E-state index in [1.807, 2.05) is 19.2 Å². The third-order valence-corrected chi connectivity index (χ3v) is 4.05. The molecule has 3 heteroatoms. The number of hydrogen-bond acceptors (Lipinski definition) is 3. The fraction of sp³-hybridized carbons (Fsp3) is 0.625. The van der Waals surface area contributed by atoms with Crippen molar-refractivity contribution in [3.63, 3.8) is 0 Å². The first-order chi connectivity index (χ1) is 9.24. The van der Waals surface area contributed by atoms with Crippen LogP contribution in [0.2, 0.25) is 0 Å². The van der Waals surface area contributed by atoms with Crippen LogP contribution in [0.15, 0.2) is 24.3 Å². The van der Waals surface area contributed by atoms with E-state index in [0.29, 0.717) is 18.2 Å². The Kier molecular flexibility index (Phi) is 5.23. The molecule has 3 atom stereocenters. The van der Waals surface area contributed by atoms with Crippen molar-refractivity contribution in [3.8, 4) is 5.75 Å². The Labute approximate surface area is 116 Å². The van der Waals surface area contributed by atoms with Gasteiger partial charge in [0.05, 0.1) is 13.2 Å². The molecule has 0 aromatic heterocycles. The molecule has 1 aromatic carbocycles. The minimum Gasteiger partial charge on any atom is -0.496 e. The molecular formula is C16H25NO2. The molecule has 0 spiro atoms. The van der Waals surface area contributed by atoms with Crippen molar-refractivity contribution in [2.45, 2.75) is 50.8 Å². The molecule has 0 heterocycles. The van der Waals surface area contributed by atoms with Gasteiger partial charge in [-0.25, -0.2) is 0 Å². The lowest BCUT2D eigenvalue weighted by atomic mass is 9.91. The van der Waals surface area contributed by atoms with Crippen molar-refractivity contribution in [1.29, 1.82) is 0 Å². The Hall–Kier alpha value is -1.06. The molecule has 1 aromatic rings. The third kappa shape index (κ3) is 3.71. The van der Waals surface area contributed by atoms with Crippen molar-refractivity contribution < 1.29 is 9.47 Å². The predicted octanol–water partition coefficient (Wildman–Crippen LogP) is 3.30. The minimum absolute atomic E-state index is 0.303. The van der Waals surface area contributed by atoms with Crippen LogP contribution in [-0.2, 0) is 4.74 Å². The van der Waals surface area contributed by atoms with E-state index >= 15 is 0 Å². The largest absolute Gasteiger partial charge is 0.496 e. The summed E-state index contributed by atoms with van der Waals surface area (Å²) in [6.45, 7) is 2.20. The van der Waals surface area contributed by atoms with E-state index < -0.39 is 0 Å². The molecule has 1 fully saturated rings. The van der Waals surface area contributed by atoms with E-state index in [2.05, 4.69) is 24.4 Å². The first-order valence-electron chi connectivity index (χ1n) is 7.16. The van der Waals surface area contributed by atoms with Crippen LogP contribution in [0.25, 0.3) is 0 Å². The van der Waals surface area contributed by atoms with Crippen LogP contribution in [0.1, 0.15) is 44.2 Å². The maximum atomic E-state index is 5.49. The van der Waals surface area contributed by atoms with Gasteiger partial charge >= 0.3 is 0 Å². The van der Waals surface area contributed by atoms with Gasteiger partial charge < -0.3 is 14.8 Å². The summed E-state index contributed by atoms with van der Waals surface area (Å²) in [6.07, 6.45) is 5.19. The Bertz CT molecular complexity index is 394. The van der Waals surface area contributed by atoms with Crippen LogP contribution >= 0.6 is 0 Å². The van der Waals surface area contributed by atoms with Crippen molar-refractivity contribution in [1.82, 2.24) is 5.32 Å². The van der Waals surface area contributed by atoms with Gasteiger partial charge in [0, 0.05) is 24.8 Å². The van der Waals surface area contributed by atoms with E-state index in [4.69, 9.17) is 9.47 Å². The smallest absolute Gasteiger partial charge is 0.123 e. The molecule has 19 heavy (non-hydrogen) atoms. The molecule has 0 bridgehead atoms. The average molecular weight is 263 g/mol. The summed E-state index contributed by atoms with van der Waals surface area (Å²) in [6, 6.07) is 9.07. The molecule has 0 amide bonds. The molecule has 106 valence electrons. The van der Waals surface area contributed by atoms with Crippen molar-refractivity contribution in [2.75, 3.05) is 14.2 Å². The average Bonchev–Trinajstić information content (AvgIpc) is 2.47. The summed E-state index contributed by atoms with van der Waals surface area (Å²) >= 11 is 0. The van der Waals surface area contributed by atoms with Crippen molar-refractivity contribution >= 4 is 0 Å². The first-order valence-corrected chi connectivity index (χ1v) is 7.16. The van der Waals surface area contributed by atoms with Crippen LogP contribution in [-0.4, -0.2) is 26.4 Å². The van der Waals surface area contributed by atoms with Crippen LogP contribution in [0.5, 0.6) is 5.75 Å². The predicted molar refractivity (Wildman–Crippen MR) is 77.6 cm³/mol. The zero-order chi connectivity index (χ0) is 13.7. The standard InChI is InChI=1S/C16H25NO2/c1-12(15-9-4-5-10-16(15)19-3)17-13-7-6-8-14(11-13)18-2/h4-5,9-10,12-14,17H,6-8,11H2,1-3H3. The second kappa shape index (κ2) is 6.92. The van der Waals surface area contributed by atoms with E-state index in [-0.39, 0.29) is 0 Å². The fourth-order valence-corrected chi connectivity index (χ4v) is 2.98. The first kappa shape index (κ1) is 14.4. The summed E-state index contributed by atoms with van der Waals surface area (Å²) in [5.74, 6) is 0.960. The highest BCUT2D eigenvalue weighted by Gasteiger charge is 2.23. The van der Waals surface area contributed by atoms with Gasteiger partial charge in [-0.2, -0.15) is 0 Å². The molecule has 1 saturated carbocycles. The number of methoxy groups -OCH3 is 2. The molecule has 1 aliphatic rings. The van der Waals surface area contributed by atoms with Gasteiger partial charge in [0.25, 0.3) is 0 Å². The Balaban J connectivity index is 1.98. The lowest BCUT2D eigenvalue weighted by Gasteiger charge is -2.31. The van der Waals surface area contributed by atoms with Gasteiger partial charge in [0.1, 0.15) is 5.75 Å². The maximum Gasteiger partial charge on any atom is 0.123 e. The molecule has 3 nitrogen and oxygen atoms in total. The molecule has 0 radical (unpaired) electrons. The van der Waals surface area contributed by atoms with Gasteiger partial charge in [-0.1, -0.05) is 18.2 Å². The third-order valence-electron chi connectivity index (χ3n) is 4.05. The zero-order valence-electron chi connectivity index (χ0n) is 12.2. The molecule has 3 unspecified atom stereocenters. The summed E-state index contributed by atoms with van der Waals surface area (Å²) in [5, 5.41) is 3.71. The zero-order valence-corrected chi connectivity index (χ0v) is 12.2. The van der Waals surface area contributed by atoms with Crippen LogP contribution in [0, 0.1) is 0 Å². The summed E-state index contributed by atoms with van der Waals surface area (Å²) in [7, 11) is 3.55. The highest BCUT2D eigenvalue weighted by Crippen LogP contribution is 2.27. The number of para-hydroxylation sites is 1. The molecular weight excluding hydrogens is 238 g/mol. The molecule has 0 saturated heterocycles.